The van der Waals surface area contributed by atoms with E-state index in [1.165, 1.54) is 8.83 Å². The molecule has 0 bridgehead atoms. The first kappa shape index (κ1) is 15.5. The van der Waals surface area contributed by atoms with Gasteiger partial charge in [-0.3, -0.25) is 0 Å². The Morgan fingerprint density at radius 2 is 2.10 bits per heavy atom. The first-order valence-corrected chi connectivity index (χ1v) is 9.60. The molecule has 2 rings (SSSR count). The second kappa shape index (κ2) is 6.26. The van der Waals surface area contributed by atoms with Crippen molar-refractivity contribution in [1.29, 1.82) is 0 Å². The molecule has 0 unspecified atom stereocenters. The SMILES string of the molecule is COc1ccc2[se]c(C)[n+](CCCCS(=O)(=O)[O-])c2c1. The number of nitrogens with zero attached hydrogens (tertiary/aromatic N) is 1. The minimum absolute atomic E-state index is 0.282. The average molecular weight is 362 g/mol. The molecule has 0 aliphatic carbocycles. The number of ether oxygens (including phenoxy) is 1. The Morgan fingerprint density at radius 3 is 2.75 bits per heavy atom. The van der Waals surface area contributed by atoms with Crippen LogP contribution in [0.1, 0.15) is 17.4 Å². The van der Waals surface area contributed by atoms with Crippen LogP contribution in [-0.4, -0.2) is 40.3 Å². The van der Waals surface area contributed by atoms with E-state index in [0.717, 1.165) is 17.8 Å². The summed E-state index contributed by atoms with van der Waals surface area (Å²) in [7, 11) is -2.46. The molecule has 0 spiro atoms. The first-order chi connectivity index (χ1) is 9.40. The van der Waals surface area contributed by atoms with Crippen molar-refractivity contribution in [3.8, 4) is 5.75 Å². The molecule has 0 fully saturated rings. The number of benzene rings is 1. The summed E-state index contributed by atoms with van der Waals surface area (Å²) in [5.41, 5.74) is 1.15. The zero-order valence-corrected chi connectivity index (χ0v) is 14.0. The summed E-state index contributed by atoms with van der Waals surface area (Å²) in [6.45, 7) is 2.83. The number of hydrogen-bond donors (Lipinski definition) is 0. The van der Waals surface area contributed by atoms with Gasteiger partial charge in [0, 0.05) is 0 Å². The molecule has 2 aromatic rings. The van der Waals surface area contributed by atoms with Gasteiger partial charge in [0.25, 0.3) is 0 Å². The third kappa shape index (κ3) is 3.82. The molecule has 0 N–H and O–H groups in total. The molecule has 0 saturated heterocycles. The Labute approximate surface area is 124 Å². The molecule has 0 aliphatic rings. The number of aromatic nitrogens is 1. The van der Waals surface area contributed by atoms with Crippen molar-refractivity contribution in [3.63, 3.8) is 0 Å². The molecule has 0 radical (unpaired) electrons. The van der Waals surface area contributed by atoms with Gasteiger partial charge < -0.3 is 0 Å². The van der Waals surface area contributed by atoms with Crippen molar-refractivity contribution < 1.29 is 22.3 Å². The Morgan fingerprint density at radius 1 is 1.35 bits per heavy atom. The van der Waals surface area contributed by atoms with Gasteiger partial charge in [-0.1, -0.05) is 0 Å². The zero-order valence-electron chi connectivity index (χ0n) is 11.5. The fourth-order valence-corrected chi connectivity index (χ4v) is 4.85. The van der Waals surface area contributed by atoms with Gasteiger partial charge in [0.1, 0.15) is 0 Å². The van der Waals surface area contributed by atoms with Crippen LogP contribution < -0.4 is 9.30 Å². The van der Waals surface area contributed by atoms with Gasteiger partial charge in [0.15, 0.2) is 0 Å². The second-order valence-electron chi connectivity index (χ2n) is 4.58. The summed E-state index contributed by atoms with van der Waals surface area (Å²) < 4.78 is 41.8. The van der Waals surface area contributed by atoms with E-state index in [1.807, 2.05) is 12.1 Å². The number of fused-ring (bicyclic) bond motifs is 1. The third-order valence-corrected chi connectivity index (χ3v) is 6.18. The van der Waals surface area contributed by atoms with Crippen LogP contribution >= 0.6 is 0 Å². The van der Waals surface area contributed by atoms with Gasteiger partial charge in [0.2, 0.25) is 0 Å². The normalized spacial score (nSPS) is 11.9. The first-order valence-electron chi connectivity index (χ1n) is 6.31. The molecule has 1 heterocycles. The Hall–Kier alpha value is -0.881. The van der Waals surface area contributed by atoms with Crippen LogP contribution in [0.3, 0.4) is 0 Å². The summed E-state index contributed by atoms with van der Waals surface area (Å²) in [5, 5.41) is 0. The quantitative estimate of drug-likeness (QED) is 0.330. The van der Waals surface area contributed by atoms with Gasteiger partial charge in [-0.05, 0) is 0 Å². The number of hydrogen-bond acceptors (Lipinski definition) is 4. The van der Waals surface area contributed by atoms with Crippen molar-refractivity contribution in [2.45, 2.75) is 26.3 Å². The molecule has 0 aliphatic heterocycles. The Kier molecular flexibility index (Phi) is 4.86. The van der Waals surface area contributed by atoms with Crippen LogP contribution in [0.5, 0.6) is 5.75 Å². The summed E-state index contributed by atoms with van der Waals surface area (Å²) in [4.78, 5) is 0. The van der Waals surface area contributed by atoms with Crippen molar-refractivity contribution in [1.82, 2.24) is 0 Å². The second-order valence-corrected chi connectivity index (χ2v) is 8.69. The molecular formula is C13H17NO4SSe. The standard InChI is InChI=1S/C13H17NO4SSe/c1-10-14(7-3-4-8-19(15,16)17)12-9-11(18-2)5-6-13(12)20-10/h5-6,9H,3-4,7-8H2,1-2H3. The molecule has 20 heavy (non-hydrogen) atoms. The predicted molar refractivity (Wildman–Crippen MR) is 76.2 cm³/mol. The van der Waals surface area contributed by atoms with Crippen LogP contribution in [-0.2, 0) is 16.7 Å². The number of unbranched alkanes of at least 4 members (excludes halogenated alkanes) is 1. The van der Waals surface area contributed by atoms with E-state index in [2.05, 4.69) is 17.6 Å². The molecule has 0 amide bonds. The van der Waals surface area contributed by atoms with Gasteiger partial charge in [-0.2, -0.15) is 0 Å². The maximum absolute atomic E-state index is 10.6. The molecule has 5 nitrogen and oxygen atoms in total. The predicted octanol–water partition coefficient (Wildman–Crippen LogP) is 0.827. The minimum atomic E-state index is -4.10. The van der Waals surface area contributed by atoms with Crippen molar-refractivity contribution >= 4 is 34.4 Å². The molecule has 0 saturated carbocycles. The van der Waals surface area contributed by atoms with E-state index in [4.69, 9.17) is 4.74 Å². The van der Waals surface area contributed by atoms with Crippen molar-refractivity contribution in [2.75, 3.05) is 12.9 Å². The van der Waals surface area contributed by atoms with E-state index in [-0.39, 0.29) is 5.75 Å². The van der Waals surface area contributed by atoms with Gasteiger partial charge in [-0.25, -0.2) is 0 Å². The summed E-state index contributed by atoms with van der Waals surface area (Å²) in [6, 6.07) is 6.05. The van der Waals surface area contributed by atoms with Crippen molar-refractivity contribution in [2.24, 2.45) is 0 Å². The van der Waals surface area contributed by atoms with E-state index >= 15 is 0 Å². The molecule has 1 aromatic carbocycles. The fourth-order valence-electron chi connectivity index (χ4n) is 2.13. The van der Waals surface area contributed by atoms with E-state index < -0.39 is 10.1 Å². The zero-order chi connectivity index (χ0) is 14.8. The summed E-state index contributed by atoms with van der Waals surface area (Å²) >= 11 is 0.312. The van der Waals surface area contributed by atoms with Crippen LogP contribution in [0, 0.1) is 6.92 Å². The molecule has 110 valence electrons. The van der Waals surface area contributed by atoms with Gasteiger partial charge in [0.05, 0.1) is 0 Å². The van der Waals surface area contributed by atoms with Crippen LogP contribution in [0.2, 0.25) is 0 Å². The van der Waals surface area contributed by atoms with Crippen LogP contribution in [0.4, 0.5) is 0 Å². The molecule has 0 atom stereocenters. The van der Waals surface area contributed by atoms with Crippen LogP contribution in [0.15, 0.2) is 18.2 Å². The Bertz CT molecular complexity index is 708. The van der Waals surface area contributed by atoms with Gasteiger partial charge >= 0.3 is 124 Å². The molecule has 7 heteroatoms. The summed E-state index contributed by atoms with van der Waals surface area (Å²) in [6.07, 6.45) is 1.09. The van der Waals surface area contributed by atoms with Crippen molar-refractivity contribution in [3.05, 3.63) is 22.8 Å². The number of aryl methyl sites for hydroxylation is 2. The third-order valence-electron chi connectivity index (χ3n) is 3.12. The molecule has 1 aromatic heterocycles. The van der Waals surface area contributed by atoms with E-state index in [9.17, 15) is 13.0 Å². The van der Waals surface area contributed by atoms with E-state index in [0.29, 0.717) is 27.3 Å². The maximum atomic E-state index is 10.6. The Balaban J connectivity index is 2.14. The van der Waals surface area contributed by atoms with E-state index in [1.54, 1.807) is 7.11 Å². The monoisotopic (exact) mass is 363 g/mol. The number of rotatable bonds is 6. The fraction of sp³-hybridized carbons (Fsp3) is 0.462. The van der Waals surface area contributed by atoms with Gasteiger partial charge in [-0.15, -0.1) is 0 Å². The topological polar surface area (TPSA) is 70.3 Å². The number of methoxy groups -OCH3 is 1. The van der Waals surface area contributed by atoms with Crippen LogP contribution in [0.25, 0.3) is 9.78 Å². The average Bonchev–Trinajstić information content (AvgIpc) is 2.68. The summed E-state index contributed by atoms with van der Waals surface area (Å²) in [5.74, 6) is 0.539. The molecular weight excluding hydrogens is 345 g/mol.